The summed E-state index contributed by atoms with van der Waals surface area (Å²) in [5.41, 5.74) is -0.517. The number of hydrogen-bond acceptors (Lipinski definition) is 4. The number of rotatable bonds is 5. The summed E-state index contributed by atoms with van der Waals surface area (Å²) in [4.78, 5) is 38.5. The SMILES string of the molecule is O=C(Cn1c(=O)n(-c2cccc(Cl)c2)c(=O)c2sccc21)NCc1ccc(F)cc1F. The molecular formula is C21H14ClF2N3O3S. The topological polar surface area (TPSA) is 73.1 Å². The van der Waals surface area contributed by atoms with Crippen LogP contribution in [0.5, 0.6) is 0 Å². The van der Waals surface area contributed by atoms with Crippen LogP contribution < -0.4 is 16.6 Å². The number of carbonyl (C=O) groups excluding carboxylic acids is 1. The summed E-state index contributed by atoms with van der Waals surface area (Å²) in [5.74, 6) is -2.08. The molecule has 158 valence electrons. The molecular weight excluding hydrogens is 448 g/mol. The Morgan fingerprint density at radius 1 is 1.10 bits per heavy atom. The number of aromatic nitrogens is 2. The van der Waals surface area contributed by atoms with Crippen molar-refractivity contribution in [1.82, 2.24) is 14.5 Å². The van der Waals surface area contributed by atoms with Gasteiger partial charge >= 0.3 is 5.69 Å². The zero-order valence-corrected chi connectivity index (χ0v) is 17.3. The van der Waals surface area contributed by atoms with Gasteiger partial charge in [-0.2, -0.15) is 0 Å². The van der Waals surface area contributed by atoms with E-state index in [1.165, 1.54) is 16.7 Å². The maximum absolute atomic E-state index is 13.8. The van der Waals surface area contributed by atoms with E-state index < -0.39 is 35.3 Å². The van der Waals surface area contributed by atoms with Crippen LogP contribution in [0.15, 0.2) is 63.5 Å². The molecule has 4 rings (SSSR count). The van der Waals surface area contributed by atoms with Gasteiger partial charge in [0.1, 0.15) is 22.9 Å². The molecule has 0 aliphatic rings. The predicted octanol–water partition coefficient (Wildman–Crippen LogP) is 3.46. The third-order valence-electron chi connectivity index (χ3n) is 4.61. The van der Waals surface area contributed by atoms with Gasteiger partial charge in [0.15, 0.2) is 0 Å². The smallest absolute Gasteiger partial charge is 0.336 e. The molecule has 0 bridgehead atoms. The second-order valence-electron chi connectivity index (χ2n) is 6.64. The summed E-state index contributed by atoms with van der Waals surface area (Å²) in [7, 11) is 0. The lowest BCUT2D eigenvalue weighted by molar-refractivity contribution is -0.121. The molecule has 0 saturated heterocycles. The Kier molecular flexibility index (Phi) is 5.71. The Bertz CT molecular complexity index is 1430. The van der Waals surface area contributed by atoms with E-state index in [9.17, 15) is 23.2 Å². The fourth-order valence-corrected chi connectivity index (χ4v) is 4.15. The minimum Gasteiger partial charge on any atom is -0.350 e. The maximum atomic E-state index is 13.8. The molecule has 0 spiro atoms. The second kappa shape index (κ2) is 8.44. The van der Waals surface area contributed by atoms with Crippen molar-refractivity contribution in [1.29, 1.82) is 0 Å². The average Bonchev–Trinajstić information content (AvgIpc) is 3.21. The van der Waals surface area contributed by atoms with E-state index in [-0.39, 0.29) is 17.8 Å². The van der Waals surface area contributed by atoms with Crippen molar-refractivity contribution >= 4 is 39.1 Å². The van der Waals surface area contributed by atoms with Crippen LogP contribution in [0.1, 0.15) is 5.56 Å². The molecule has 0 atom stereocenters. The van der Waals surface area contributed by atoms with E-state index in [2.05, 4.69) is 5.32 Å². The highest BCUT2D eigenvalue weighted by atomic mass is 35.5. The van der Waals surface area contributed by atoms with Crippen LogP contribution in [-0.4, -0.2) is 15.0 Å². The number of hydrogen-bond donors (Lipinski definition) is 1. The number of thiophene rings is 1. The first-order valence-corrected chi connectivity index (χ1v) is 10.3. The van der Waals surface area contributed by atoms with E-state index in [4.69, 9.17) is 11.6 Å². The van der Waals surface area contributed by atoms with Crippen molar-refractivity contribution in [2.24, 2.45) is 0 Å². The molecule has 2 aromatic heterocycles. The quantitative estimate of drug-likeness (QED) is 0.494. The monoisotopic (exact) mass is 461 g/mol. The van der Waals surface area contributed by atoms with Gasteiger partial charge in [-0.1, -0.05) is 23.7 Å². The highest BCUT2D eigenvalue weighted by Gasteiger charge is 2.18. The second-order valence-corrected chi connectivity index (χ2v) is 7.99. The average molecular weight is 462 g/mol. The number of halogens is 3. The van der Waals surface area contributed by atoms with Gasteiger partial charge < -0.3 is 5.32 Å². The summed E-state index contributed by atoms with van der Waals surface area (Å²) < 4.78 is 29.2. The van der Waals surface area contributed by atoms with Gasteiger partial charge in [0.2, 0.25) is 5.91 Å². The fourth-order valence-electron chi connectivity index (χ4n) is 3.14. The van der Waals surface area contributed by atoms with E-state index in [1.54, 1.807) is 29.6 Å². The van der Waals surface area contributed by atoms with Gasteiger partial charge in [0, 0.05) is 23.2 Å². The van der Waals surface area contributed by atoms with Crippen LogP contribution in [0.3, 0.4) is 0 Å². The minimum atomic E-state index is -0.785. The third-order valence-corrected chi connectivity index (χ3v) is 5.74. The first-order chi connectivity index (χ1) is 14.8. The lowest BCUT2D eigenvalue weighted by Crippen LogP contribution is -2.41. The molecule has 1 amide bonds. The molecule has 0 saturated carbocycles. The number of benzene rings is 2. The summed E-state index contributed by atoms with van der Waals surface area (Å²) in [6, 6.07) is 10.9. The number of fused-ring (bicyclic) bond motifs is 1. The lowest BCUT2D eigenvalue weighted by atomic mass is 10.2. The first-order valence-electron chi connectivity index (χ1n) is 9.05. The first kappa shape index (κ1) is 21.0. The molecule has 10 heteroatoms. The molecule has 0 fully saturated rings. The summed E-state index contributed by atoms with van der Waals surface area (Å²) >= 11 is 7.15. The molecule has 0 radical (unpaired) electrons. The highest BCUT2D eigenvalue weighted by molar-refractivity contribution is 7.17. The van der Waals surface area contributed by atoms with Crippen molar-refractivity contribution in [3.05, 3.63) is 97.0 Å². The molecule has 2 heterocycles. The lowest BCUT2D eigenvalue weighted by Gasteiger charge is -2.13. The maximum Gasteiger partial charge on any atom is 0.336 e. The van der Waals surface area contributed by atoms with Crippen molar-refractivity contribution in [2.75, 3.05) is 0 Å². The number of nitrogens with zero attached hydrogens (tertiary/aromatic N) is 2. The van der Waals surface area contributed by atoms with E-state index in [0.717, 1.165) is 28.0 Å². The zero-order chi connectivity index (χ0) is 22.1. The molecule has 6 nitrogen and oxygen atoms in total. The van der Waals surface area contributed by atoms with Gasteiger partial charge in [0.25, 0.3) is 5.56 Å². The largest absolute Gasteiger partial charge is 0.350 e. The minimum absolute atomic E-state index is 0.103. The van der Waals surface area contributed by atoms with Gasteiger partial charge in [-0.25, -0.2) is 18.1 Å². The van der Waals surface area contributed by atoms with Crippen LogP contribution in [0, 0.1) is 11.6 Å². The normalized spacial score (nSPS) is 11.1. The standard InChI is InChI=1S/C21H14ClF2N3O3S/c22-13-2-1-3-15(8-13)27-20(29)19-17(6-7-31-19)26(21(27)30)11-18(28)25-10-12-4-5-14(23)9-16(12)24/h1-9H,10-11H2,(H,25,28). The molecule has 31 heavy (non-hydrogen) atoms. The fraction of sp³-hybridized carbons (Fsp3) is 0.0952. The van der Waals surface area contributed by atoms with Gasteiger partial charge in [0.05, 0.1) is 11.2 Å². The van der Waals surface area contributed by atoms with E-state index >= 15 is 0 Å². The Labute approximate surface area is 182 Å². The molecule has 0 aliphatic carbocycles. The van der Waals surface area contributed by atoms with Crippen molar-refractivity contribution in [3.8, 4) is 5.69 Å². The molecule has 2 aromatic carbocycles. The Balaban J connectivity index is 1.69. The van der Waals surface area contributed by atoms with Crippen molar-refractivity contribution < 1.29 is 13.6 Å². The molecule has 1 N–H and O–H groups in total. The Morgan fingerprint density at radius 3 is 2.65 bits per heavy atom. The number of amides is 1. The van der Waals surface area contributed by atoms with Crippen LogP contribution in [0.4, 0.5) is 8.78 Å². The van der Waals surface area contributed by atoms with Gasteiger partial charge in [-0.3, -0.25) is 14.2 Å². The Hall–Kier alpha value is -3.30. The number of nitrogens with one attached hydrogen (secondary N) is 1. The van der Waals surface area contributed by atoms with Crippen LogP contribution in [-0.2, 0) is 17.9 Å². The molecule has 0 unspecified atom stereocenters. The van der Waals surface area contributed by atoms with Gasteiger partial charge in [-0.15, -0.1) is 11.3 Å². The molecule has 0 aliphatic heterocycles. The van der Waals surface area contributed by atoms with Crippen molar-refractivity contribution in [2.45, 2.75) is 13.1 Å². The summed E-state index contributed by atoms with van der Waals surface area (Å²) in [5, 5.41) is 4.51. The third kappa shape index (κ3) is 4.14. The van der Waals surface area contributed by atoms with Crippen LogP contribution >= 0.6 is 22.9 Å². The zero-order valence-electron chi connectivity index (χ0n) is 15.8. The van der Waals surface area contributed by atoms with Crippen LogP contribution in [0.25, 0.3) is 15.9 Å². The predicted molar refractivity (Wildman–Crippen MR) is 115 cm³/mol. The Morgan fingerprint density at radius 2 is 1.90 bits per heavy atom. The van der Waals surface area contributed by atoms with Gasteiger partial charge in [-0.05, 0) is 35.7 Å². The number of carbonyl (C=O) groups is 1. The van der Waals surface area contributed by atoms with Crippen LogP contribution in [0.2, 0.25) is 5.02 Å². The molecule has 4 aromatic rings. The van der Waals surface area contributed by atoms with E-state index in [1.807, 2.05) is 0 Å². The highest BCUT2D eigenvalue weighted by Crippen LogP contribution is 2.18. The van der Waals surface area contributed by atoms with E-state index in [0.29, 0.717) is 15.2 Å². The van der Waals surface area contributed by atoms with Crippen molar-refractivity contribution in [3.63, 3.8) is 0 Å². The summed E-state index contributed by atoms with van der Waals surface area (Å²) in [6.07, 6.45) is 0. The summed E-state index contributed by atoms with van der Waals surface area (Å²) in [6.45, 7) is -0.573.